The molecule has 1 aliphatic rings. The van der Waals surface area contributed by atoms with E-state index < -0.39 is 0 Å². The fourth-order valence-electron chi connectivity index (χ4n) is 3.20. The van der Waals surface area contributed by atoms with E-state index in [0.29, 0.717) is 12.3 Å². The van der Waals surface area contributed by atoms with E-state index in [-0.39, 0.29) is 0 Å². The lowest BCUT2D eigenvalue weighted by atomic mass is 9.81. The zero-order valence-corrected chi connectivity index (χ0v) is 11.8. The molecule has 1 rings (SSSR count). The fraction of sp³-hybridized carbons (Fsp3) is 0.933. The van der Waals surface area contributed by atoms with Crippen molar-refractivity contribution in [2.45, 2.75) is 65.3 Å². The van der Waals surface area contributed by atoms with Crippen LogP contribution in [0.15, 0.2) is 0 Å². The zero-order chi connectivity index (χ0) is 12.7. The van der Waals surface area contributed by atoms with Crippen LogP contribution in [0, 0.1) is 23.2 Å². The molecule has 1 aliphatic carbocycles. The summed E-state index contributed by atoms with van der Waals surface area (Å²) in [6.07, 6.45) is 7.50. The third-order valence-electron chi connectivity index (χ3n) is 3.97. The quantitative estimate of drug-likeness (QED) is 0.701. The second kappa shape index (κ2) is 7.71. The lowest BCUT2D eigenvalue weighted by Crippen LogP contribution is -2.44. The van der Waals surface area contributed by atoms with E-state index in [0.717, 1.165) is 25.0 Å². The van der Waals surface area contributed by atoms with E-state index in [1.807, 2.05) is 0 Å². The van der Waals surface area contributed by atoms with E-state index >= 15 is 0 Å². The van der Waals surface area contributed by atoms with Crippen LogP contribution in [0.3, 0.4) is 0 Å². The van der Waals surface area contributed by atoms with Crippen LogP contribution in [0.25, 0.3) is 0 Å². The van der Waals surface area contributed by atoms with Gasteiger partial charge in [0.15, 0.2) is 0 Å². The smallest absolute Gasteiger partial charge is 0.0635 e. The average molecular weight is 236 g/mol. The van der Waals surface area contributed by atoms with Gasteiger partial charge < -0.3 is 0 Å². The first-order chi connectivity index (χ1) is 8.19. The van der Waals surface area contributed by atoms with Gasteiger partial charge in [-0.05, 0) is 24.7 Å². The number of nitriles is 1. The van der Waals surface area contributed by atoms with Gasteiger partial charge in [0.2, 0.25) is 0 Å². The van der Waals surface area contributed by atoms with E-state index in [1.54, 1.807) is 0 Å². The van der Waals surface area contributed by atoms with Crippen LogP contribution in [0.1, 0.15) is 59.3 Å². The molecule has 2 unspecified atom stereocenters. The van der Waals surface area contributed by atoms with Crippen LogP contribution >= 0.6 is 0 Å². The molecular formula is C15H28N2. The first kappa shape index (κ1) is 14.5. The van der Waals surface area contributed by atoms with Gasteiger partial charge in [-0.2, -0.15) is 5.26 Å². The summed E-state index contributed by atoms with van der Waals surface area (Å²) in [5.74, 6) is 1.56. The Hall–Kier alpha value is -0.550. The minimum atomic E-state index is 0.680. The van der Waals surface area contributed by atoms with Crippen molar-refractivity contribution in [2.75, 3.05) is 13.1 Å². The highest BCUT2D eigenvalue weighted by molar-refractivity contribution is 4.85. The van der Waals surface area contributed by atoms with Crippen molar-refractivity contribution in [2.24, 2.45) is 11.8 Å². The molecule has 0 aromatic carbocycles. The predicted molar refractivity (Wildman–Crippen MR) is 72.7 cm³/mol. The number of rotatable bonds is 6. The molecule has 17 heavy (non-hydrogen) atoms. The molecule has 0 radical (unpaired) electrons. The van der Waals surface area contributed by atoms with Crippen LogP contribution in [0.2, 0.25) is 0 Å². The van der Waals surface area contributed by atoms with Crippen LogP contribution in [0.5, 0.6) is 0 Å². The SMILES string of the molecule is CCC1CCCCC1N(CCC#N)CC(C)C. The van der Waals surface area contributed by atoms with Crippen LogP contribution in [-0.2, 0) is 0 Å². The molecule has 1 saturated carbocycles. The summed E-state index contributed by atoms with van der Waals surface area (Å²) in [5, 5.41) is 8.79. The highest BCUT2D eigenvalue weighted by atomic mass is 15.2. The van der Waals surface area contributed by atoms with Gasteiger partial charge in [0.05, 0.1) is 6.07 Å². The van der Waals surface area contributed by atoms with Crippen molar-refractivity contribution in [3.05, 3.63) is 0 Å². The molecule has 0 amide bonds. The van der Waals surface area contributed by atoms with Gasteiger partial charge in [-0.3, -0.25) is 4.90 Å². The predicted octanol–water partition coefficient (Wildman–Crippen LogP) is 3.83. The highest BCUT2D eigenvalue weighted by Crippen LogP contribution is 2.31. The van der Waals surface area contributed by atoms with Crippen molar-refractivity contribution in [1.82, 2.24) is 4.90 Å². The van der Waals surface area contributed by atoms with E-state index in [1.165, 1.54) is 32.1 Å². The number of hydrogen-bond donors (Lipinski definition) is 0. The molecule has 0 saturated heterocycles. The Morgan fingerprint density at radius 2 is 2.00 bits per heavy atom. The van der Waals surface area contributed by atoms with Gasteiger partial charge in [0.25, 0.3) is 0 Å². The summed E-state index contributed by atoms with van der Waals surface area (Å²) in [5.41, 5.74) is 0. The Balaban J connectivity index is 2.61. The molecular weight excluding hydrogens is 208 g/mol. The van der Waals surface area contributed by atoms with E-state index in [2.05, 4.69) is 31.7 Å². The van der Waals surface area contributed by atoms with Crippen LogP contribution in [-0.4, -0.2) is 24.0 Å². The summed E-state index contributed by atoms with van der Waals surface area (Å²) < 4.78 is 0. The van der Waals surface area contributed by atoms with Crippen molar-refractivity contribution in [1.29, 1.82) is 5.26 Å². The molecule has 0 aromatic heterocycles. The van der Waals surface area contributed by atoms with Gasteiger partial charge in [-0.15, -0.1) is 0 Å². The lowest BCUT2D eigenvalue weighted by molar-refractivity contribution is 0.0915. The van der Waals surface area contributed by atoms with Gasteiger partial charge in [-0.1, -0.05) is 40.0 Å². The monoisotopic (exact) mass is 236 g/mol. The topological polar surface area (TPSA) is 27.0 Å². The highest BCUT2D eigenvalue weighted by Gasteiger charge is 2.28. The molecule has 0 heterocycles. The Labute approximate surface area is 107 Å². The maximum Gasteiger partial charge on any atom is 0.0635 e. The second-order valence-corrected chi connectivity index (χ2v) is 5.82. The third-order valence-corrected chi connectivity index (χ3v) is 3.97. The Morgan fingerprint density at radius 1 is 1.29 bits per heavy atom. The lowest BCUT2D eigenvalue weighted by Gasteiger charge is -2.40. The average Bonchev–Trinajstić information content (AvgIpc) is 2.34. The number of nitrogens with zero attached hydrogens (tertiary/aromatic N) is 2. The van der Waals surface area contributed by atoms with Gasteiger partial charge in [-0.25, -0.2) is 0 Å². The molecule has 2 atom stereocenters. The van der Waals surface area contributed by atoms with Gasteiger partial charge in [0, 0.05) is 25.6 Å². The summed E-state index contributed by atoms with van der Waals surface area (Å²) in [7, 11) is 0. The zero-order valence-electron chi connectivity index (χ0n) is 11.8. The van der Waals surface area contributed by atoms with Gasteiger partial charge in [0.1, 0.15) is 0 Å². The molecule has 0 spiro atoms. The molecule has 1 fully saturated rings. The van der Waals surface area contributed by atoms with Crippen molar-refractivity contribution >= 4 is 0 Å². The maximum atomic E-state index is 8.79. The molecule has 0 aromatic rings. The summed E-state index contributed by atoms with van der Waals surface area (Å²) >= 11 is 0. The normalized spacial score (nSPS) is 25.2. The van der Waals surface area contributed by atoms with E-state index in [4.69, 9.17) is 5.26 Å². The maximum absolute atomic E-state index is 8.79. The van der Waals surface area contributed by atoms with Crippen LogP contribution in [0.4, 0.5) is 0 Å². The molecule has 0 N–H and O–H groups in total. The fourth-order valence-corrected chi connectivity index (χ4v) is 3.20. The minimum absolute atomic E-state index is 0.680. The number of hydrogen-bond acceptors (Lipinski definition) is 2. The third kappa shape index (κ3) is 4.68. The molecule has 0 bridgehead atoms. The Kier molecular flexibility index (Phi) is 6.58. The molecule has 2 heteroatoms. The Morgan fingerprint density at radius 3 is 2.59 bits per heavy atom. The largest absolute Gasteiger partial charge is 0.299 e. The summed E-state index contributed by atoms with van der Waals surface area (Å²) in [6.45, 7) is 9.01. The molecule has 0 aliphatic heterocycles. The first-order valence-electron chi connectivity index (χ1n) is 7.30. The Bertz CT molecular complexity index is 242. The summed E-state index contributed by atoms with van der Waals surface area (Å²) in [4.78, 5) is 2.60. The molecule has 2 nitrogen and oxygen atoms in total. The second-order valence-electron chi connectivity index (χ2n) is 5.82. The minimum Gasteiger partial charge on any atom is -0.299 e. The van der Waals surface area contributed by atoms with Crippen molar-refractivity contribution in [3.8, 4) is 6.07 Å². The van der Waals surface area contributed by atoms with Crippen molar-refractivity contribution in [3.63, 3.8) is 0 Å². The van der Waals surface area contributed by atoms with Crippen LogP contribution < -0.4 is 0 Å². The molecule has 98 valence electrons. The van der Waals surface area contributed by atoms with Gasteiger partial charge >= 0.3 is 0 Å². The first-order valence-corrected chi connectivity index (χ1v) is 7.30. The standard InChI is InChI=1S/C15H28N2/c1-4-14-8-5-6-9-15(14)17(11-7-10-16)12-13(2)3/h13-15H,4-9,11-12H2,1-3H3. The van der Waals surface area contributed by atoms with Crippen molar-refractivity contribution < 1.29 is 0 Å². The summed E-state index contributed by atoms with van der Waals surface area (Å²) in [6, 6.07) is 3.04. The van der Waals surface area contributed by atoms with E-state index in [9.17, 15) is 0 Å².